The van der Waals surface area contributed by atoms with Crippen LogP contribution in [0.25, 0.3) is 0 Å². The van der Waals surface area contributed by atoms with E-state index in [2.05, 4.69) is 4.74 Å². The van der Waals surface area contributed by atoms with Crippen LogP contribution in [-0.4, -0.2) is 38.3 Å². The van der Waals surface area contributed by atoms with E-state index >= 15 is 0 Å². The van der Waals surface area contributed by atoms with Gasteiger partial charge in [0.1, 0.15) is 16.1 Å². The van der Waals surface area contributed by atoms with E-state index in [1.54, 1.807) is 0 Å². The van der Waals surface area contributed by atoms with Crippen LogP contribution in [0.5, 0.6) is 11.5 Å². The Hall–Kier alpha value is -3.75. The van der Waals surface area contributed by atoms with Gasteiger partial charge in [-0.25, -0.2) is 8.42 Å². The van der Waals surface area contributed by atoms with Gasteiger partial charge in [-0.05, 0) is 48.6 Å². The Kier molecular flexibility index (Phi) is 9.69. The van der Waals surface area contributed by atoms with Gasteiger partial charge in [-0.2, -0.15) is 13.5 Å². The lowest BCUT2D eigenvalue weighted by Gasteiger charge is -2.21. The molecule has 0 amide bonds. The highest BCUT2D eigenvalue weighted by Crippen LogP contribution is 2.38. The molecule has 11 nitrogen and oxygen atoms in total. The van der Waals surface area contributed by atoms with Crippen LogP contribution >= 0.6 is 23.2 Å². The number of hydrogen-bond donors (Lipinski definition) is 0. The van der Waals surface area contributed by atoms with E-state index in [0.717, 1.165) is 49.5 Å². The lowest BCUT2D eigenvalue weighted by Crippen LogP contribution is -2.26. The number of benzene rings is 2. The summed E-state index contributed by atoms with van der Waals surface area (Å²) in [4.78, 5) is 22.8. The summed E-state index contributed by atoms with van der Waals surface area (Å²) in [5, 5.41) is 22.5. The fourth-order valence-electron chi connectivity index (χ4n) is 3.87. The first-order chi connectivity index (χ1) is 19.8. The number of alkyl halides is 2. The molecular weight excluding hydrogens is 625 g/mol. The summed E-state index contributed by atoms with van der Waals surface area (Å²) in [5.74, 6) is -2.39. The van der Waals surface area contributed by atoms with E-state index in [1.165, 1.54) is 18.2 Å². The monoisotopic (exact) mass is 646 g/mol. The summed E-state index contributed by atoms with van der Waals surface area (Å²) in [7, 11) is -4.29. The van der Waals surface area contributed by atoms with Crippen molar-refractivity contribution in [1.82, 2.24) is 0 Å². The van der Waals surface area contributed by atoms with E-state index < -0.39 is 39.2 Å². The minimum Gasteiger partial charge on any atom is -0.619 e. The van der Waals surface area contributed by atoms with Gasteiger partial charge in [0.15, 0.2) is 39.5 Å². The van der Waals surface area contributed by atoms with Crippen molar-refractivity contribution in [2.45, 2.75) is 36.9 Å². The fraction of sp³-hybridized carbons (Fsp3) is 0.308. The maximum Gasteiger partial charge on any atom is 0.387 e. The number of ether oxygens (including phenoxy) is 3. The number of halogens is 4. The molecule has 1 aliphatic carbocycles. The fourth-order valence-corrected chi connectivity index (χ4v) is 5.56. The highest BCUT2D eigenvalue weighted by Gasteiger charge is 2.28. The molecule has 0 aliphatic heterocycles. The van der Waals surface area contributed by atoms with E-state index in [9.17, 15) is 37.3 Å². The van der Waals surface area contributed by atoms with Crippen LogP contribution in [-0.2, 0) is 25.8 Å². The Morgan fingerprint density at radius 3 is 2.29 bits per heavy atom. The number of nitrogens with zero attached hydrogens (tertiary/aromatic N) is 2. The molecule has 1 atom stereocenters. The van der Waals surface area contributed by atoms with Gasteiger partial charge in [-0.3, -0.25) is 14.9 Å². The highest BCUT2D eigenvalue weighted by molar-refractivity contribution is 7.92. The molecule has 3 aromatic rings. The van der Waals surface area contributed by atoms with Gasteiger partial charge >= 0.3 is 12.6 Å². The van der Waals surface area contributed by atoms with E-state index in [-0.39, 0.29) is 62.2 Å². The zero-order chi connectivity index (χ0) is 30.6. The first-order valence-corrected chi connectivity index (χ1v) is 14.7. The topological polar surface area (TPSA) is 149 Å². The number of nitro benzene ring substituents is 1. The van der Waals surface area contributed by atoms with Crippen molar-refractivity contribution in [2.75, 3.05) is 12.4 Å². The van der Waals surface area contributed by atoms with E-state index in [4.69, 9.17) is 32.7 Å². The molecule has 4 rings (SSSR count). The molecule has 0 radical (unpaired) electrons. The molecule has 0 saturated heterocycles. The second-order valence-electron chi connectivity index (χ2n) is 9.32. The Morgan fingerprint density at radius 2 is 1.71 bits per heavy atom. The first-order valence-electron chi connectivity index (χ1n) is 12.3. The third-order valence-corrected chi connectivity index (χ3v) is 8.42. The van der Waals surface area contributed by atoms with Crippen molar-refractivity contribution in [3.8, 4) is 11.5 Å². The minimum absolute atomic E-state index is 0.0538. The smallest absolute Gasteiger partial charge is 0.387 e. The minimum atomic E-state index is -4.29. The Labute approximate surface area is 248 Å². The molecule has 0 N–H and O–H groups in total. The van der Waals surface area contributed by atoms with Crippen molar-refractivity contribution >= 4 is 44.7 Å². The third-order valence-electron chi connectivity index (χ3n) is 6.16. The normalized spacial score (nSPS) is 13.9. The second kappa shape index (κ2) is 13.0. The van der Waals surface area contributed by atoms with Crippen LogP contribution in [0.1, 0.15) is 30.1 Å². The molecule has 42 heavy (non-hydrogen) atoms. The SMILES string of the molecule is O=C(CS(=O)(=O)c1ccc([N+](=O)[O-])cc1)O[C@@H](Cc1c(Cl)c[n+]([O-])cc1Cl)c1ccc(OC(F)F)c(OCC2CC2)c1. The number of carbonyl (C=O) groups is 1. The molecule has 1 saturated carbocycles. The molecule has 0 spiro atoms. The lowest BCUT2D eigenvalue weighted by atomic mass is 10.0. The van der Waals surface area contributed by atoms with E-state index in [0.29, 0.717) is 4.73 Å². The number of non-ortho nitro benzene ring substituents is 1. The van der Waals surface area contributed by atoms with Crippen LogP contribution in [0.4, 0.5) is 14.5 Å². The number of carbonyl (C=O) groups excluding carboxylic acids is 1. The van der Waals surface area contributed by atoms with Crippen molar-refractivity contribution < 1.29 is 45.9 Å². The van der Waals surface area contributed by atoms with Crippen molar-refractivity contribution in [2.24, 2.45) is 5.92 Å². The third kappa shape index (κ3) is 8.17. The van der Waals surface area contributed by atoms with Crippen LogP contribution in [0, 0.1) is 21.2 Å². The Morgan fingerprint density at radius 1 is 1.07 bits per heavy atom. The van der Waals surface area contributed by atoms with Crippen LogP contribution in [0.3, 0.4) is 0 Å². The standard InChI is InChI=1S/C26H22Cl2F2N2O9S/c27-20-11-31(34)12-21(28)19(20)10-23(16-3-8-22(41-26(29)30)24(9-16)39-13-15-1-2-15)40-25(33)14-42(37,38)18-6-4-17(5-7-18)32(35)36/h3-9,11-12,15,23,26H,1-2,10,13-14H2/t23-/m0/s1. The number of hydrogen-bond acceptors (Lipinski definition) is 9. The number of esters is 1. The van der Waals surface area contributed by atoms with Crippen molar-refractivity contribution in [3.63, 3.8) is 0 Å². The molecule has 1 aliphatic rings. The van der Waals surface area contributed by atoms with Gasteiger partial charge in [0, 0.05) is 24.1 Å². The average molecular weight is 647 g/mol. The summed E-state index contributed by atoms with van der Waals surface area (Å²) < 4.78 is 67.9. The summed E-state index contributed by atoms with van der Waals surface area (Å²) in [6.07, 6.45) is 2.36. The van der Waals surface area contributed by atoms with Crippen LogP contribution in [0.2, 0.25) is 10.0 Å². The largest absolute Gasteiger partial charge is 0.619 e. The molecule has 2 aromatic carbocycles. The van der Waals surface area contributed by atoms with Gasteiger partial charge in [-0.1, -0.05) is 29.3 Å². The summed E-state index contributed by atoms with van der Waals surface area (Å²) >= 11 is 12.4. The highest BCUT2D eigenvalue weighted by atomic mass is 35.5. The predicted molar refractivity (Wildman–Crippen MR) is 144 cm³/mol. The number of pyridine rings is 1. The molecule has 16 heteroatoms. The van der Waals surface area contributed by atoms with Gasteiger partial charge in [0.25, 0.3) is 5.69 Å². The predicted octanol–water partition coefficient (Wildman–Crippen LogP) is 5.23. The summed E-state index contributed by atoms with van der Waals surface area (Å²) in [6.45, 7) is -2.90. The average Bonchev–Trinajstić information content (AvgIpc) is 3.73. The van der Waals surface area contributed by atoms with Gasteiger partial charge in [0.2, 0.25) is 0 Å². The zero-order valence-corrected chi connectivity index (χ0v) is 23.8. The van der Waals surface area contributed by atoms with Crippen LogP contribution < -0.4 is 14.2 Å². The first kappa shape index (κ1) is 31.2. The van der Waals surface area contributed by atoms with Crippen molar-refractivity contribution in [1.29, 1.82) is 0 Å². The maximum atomic E-state index is 13.0. The zero-order valence-electron chi connectivity index (χ0n) is 21.5. The number of nitro groups is 1. The molecular formula is C26H22Cl2F2N2O9S. The molecule has 0 unspecified atom stereocenters. The molecule has 1 aromatic heterocycles. The second-order valence-corrected chi connectivity index (χ2v) is 12.1. The van der Waals surface area contributed by atoms with Gasteiger partial charge in [-0.15, -0.1) is 0 Å². The van der Waals surface area contributed by atoms with Crippen molar-refractivity contribution in [3.05, 3.63) is 91.4 Å². The summed E-state index contributed by atoms with van der Waals surface area (Å²) in [5.41, 5.74) is 0.0517. The lowest BCUT2D eigenvalue weighted by molar-refractivity contribution is -0.605. The maximum absolute atomic E-state index is 13.0. The Balaban J connectivity index is 1.64. The molecule has 1 heterocycles. The number of rotatable bonds is 13. The Bertz CT molecular complexity index is 1560. The quantitative estimate of drug-likeness (QED) is 0.0800. The van der Waals surface area contributed by atoms with Crippen LogP contribution in [0.15, 0.2) is 59.8 Å². The van der Waals surface area contributed by atoms with Gasteiger partial charge < -0.3 is 19.4 Å². The van der Waals surface area contributed by atoms with Gasteiger partial charge in [0.05, 0.1) is 16.4 Å². The summed E-state index contributed by atoms with van der Waals surface area (Å²) in [6, 6.07) is 7.78. The molecule has 0 bridgehead atoms. The van der Waals surface area contributed by atoms with E-state index in [1.807, 2.05) is 0 Å². The number of aromatic nitrogens is 1. The molecule has 1 fully saturated rings. The number of sulfone groups is 1. The molecule has 224 valence electrons.